The standard InChI is InChI=1S/C23H25NO2/c1-14(26)24-21-16-8-6-5-7-15(16)9-10-17(21)20-18(13-25)19-11-12-23(20,4)22(19,2)3/h5-10,13,19H,11-12H2,1-4H3,(H,24,26)/t19-,23+/m1/s1. The Balaban J connectivity index is 2.04. The molecule has 2 aliphatic carbocycles. The summed E-state index contributed by atoms with van der Waals surface area (Å²) in [5.41, 5.74) is 3.85. The number of fused-ring (bicyclic) bond motifs is 3. The highest BCUT2D eigenvalue weighted by atomic mass is 16.1. The van der Waals surface area contributed by atoms with E-state index in [4.69, 9.17) is 0 Å². The molecule has 0 saturated heterocycles. The van der Waals surface area contributed by atoms with E-state index in [-0.39, 0.29) is 22.7 Å². The fourth-order valence-electron chi connectivity index (χ4n) is 5.37. The molecule has 0 unspecified atom stereocenters. The fourth-order valence-corrected chi connectivity index (χ4v) is 5.37. The van der Waals surface area contributed by atoms with E-state index in [9.17, 15) is 9.59 Å². The molecule has 134 valence electrons. The van der Waals surface area contributed by atoms with Crippen LogP contribution in [0, 0.1) is 16.7 Å². The maximum Gasteiger partial charge on any atom is 0.221 e. The lowest BCUT2D eigenvalue weighted by Crippen LogP contribution is -2.30. The number of rotatable bonds is 3. The highest BCUT2D eigenvalue weighted by Crippen LogP contribution is 2.70. The van der Waals surface area contributed by atoms with Crippen LogP contribution in [0.5, 0.6) is 0 Å². The molecule has 2 bridgehead atoms. The summed E-state index contributed by atoms with van der Waals surface area (Å²) in [5.74, 6) is 0.195. The number of benzene rings is 2. The molecule has 2 atom stereocenters. The van der Waals surface area contributed by atoms with Gasteiger partial charge in [0.05, 0.1) is 5.69 Å². The van der Waals surface area contributed by atoms with Gasteiger partial charge in [-0.1, -0.05) is 57.2 Å². The summed E-state index contributed by atoms with van der Waals surface area (Å²) in [4.78, 5) is 24.0. The highest BCUT2D eigenvalue weighted by Gasteiger charge is 2.60. The Morgan fingerprint density at radius 3 is 2.58 bits per heavy atom. The van der Waals surface area contributed by atoms with Crippen LogP contribution in [-0.4, -0.2) is 12.2 Å². The van der Waals surface area contributed by atoms with Crippen molar-refractivity contribution in [3.8, 4) is 0 Å². The number of carbonyl (C=O) groups is 2. The first-order chi connectivity index (χ1) is 12.3. The molecule has 0 heterocycles. The van der Waals surface area contributed by atoms with Crippen molar-refractivity contribution in [3.05, 3.63) is 47.5 Å². The topological polar surface area (TPSA) is 46.2 Å². The summed E-state index contributed by atoms with van der Waals surface area (Å²) in [6.45, 7) is 8.37. The van der Waals surface area contributed by atoms with Gasteiger partial charge < -0.3 is 5.32 Å². The third-order valence-corrected chi connectivity index (χ3v) is 7.07. The van der Waals surface area contributed by atoms with Crippen LogP contribution >= 0.6 is 0 Å². The van der Waals surface area contributed by atoms with E-state index in [1.54, 1.807) is 0 Å². The van der Waals surface area contributed by atoms with E-state index in [0.29, 0.717) is 0 Å². The number of hydrogen-bond acceptors (Lipinski definition) is 2. The molecule has 2 aromatic rings. The molecule has 26 heavy (non-hydrogen) atoms. The van der Waals surface area contributed by atoms with Gasteiger partial charge in [-0.05, 0) is 46.1 Å². The minimum absolute atomic E-state index is 0.0394. The van der Waals surface area contributed by atoms with Gasteiger partial charge in [-0.25, -0.2) is 0 Å². The summed E-state index contributed by atoms with van der Waals surface area (Å²) in [6.07, 6.45) is 3.19. The SMILES string of the molecule is CC(=O)Nc1c(C2=C(C=O)[C@H]3CC[C@]2(C)C3(C)C)ccc2ccccc12. The third-order valence-electron chi connectivity index (χ3n) is 7.07. The van der Waals surface area contributed by atoms with Crippen LogP contribution in [0.3, 0.4) is 0 Å². The van der Waals surface area contributed by atoms with Crippen LogP contribution in [0.4, 0.5) is 5.69 Å². The summed E-state index contributed by atoms with van der Waals surface area (Å²) in [5, 5.41) is 5.15. The summed E-state index contributed by atoms with van der Waals surface area (Å²) in [7, 11) is 0. The van der Waals surface area contributed by atoms with Crippen molar-refractivity contribution < 1.29 is 9.59 Å². The van der Waals surface area contributed by atoms with Crippen LogP contribution in [0.15, 0.2) is 42.0 Å². The minimum Gasteiger partial charge on any atom is -0.325 e. The Morgan fingerprint density at radius 2 is 1.88 bits per heavy atom. The predicted molar refractivity (Wildman–Crippen MR) is 106 cm³/mol. The van der Waals surface area contributed by atoms with E-state index in [0.717, 1.165) is 52.3 Å². The normalized spacial score (nSPS) is 26.4. The lowest BCUT2D eigenvalue weighted by molar-refractivity contribution is -0.114. The molecule has 1 saturated carbocycles. The van der Waals surface area contributed by atoms with Gasteiger partial charge in [0.1, 0.15) is 6.29 Å². The van der Waals surface area contributed by atoms with Gasteiger partial charge in [-0.2, -0.15) is 0 Å². The number of allylic oxidation sites excluding steroid dienone is 2. The summed E-state index contributed by atoms with van der Waals surface area (Å²) in [6, 6.07) is 12.2. The first-order valence-corrected chi connectivity index (χ1v) is 9.31. The molecule has 3 heteroatoms. The van der Waals surface area contributed by atoms with Crippen LogP contribution < -0.4 is 5.32 Å². The van der Waals surface area contributed by atoms with Crippen LogP contribution in [0.2, 0.25) is 0 Å². The maximum atomic E-state index is 12.1. The Morgan fingerprint density at radius 1 is 1.15 bits per heavy atom. The first kappa shape index (κ1) is 17.0. The number of aldehydes is 1. The highest BCUT2D eigenvalue weighted by molar-refractivity contribution is 6.08. The van der Waals surface area contributed by atoms with Gasteiger partial charge in [0.15, 0.2) is 0 Å². The van der Waals surface area contributed by atoms with Crippen molar-refractivity contribution in [3.63, 3.8) is 0 Å². The van der Waals surface area contributed by atoms with Crippen molar-refractivity contribution in [2.24, 2.45) is 16.7 Å². The number of anilines is 1. The van der Waals surface area contributed by atoms with Crippen molar-refractivity contribution in [1.82, 2.24) is 0 Å². The molecule has 1 N–H and O–H groups in total. The third kappa shape index (κ3) is 2.06. The summed E-state index contributed by atoms with van der Waals surface area (Å²) >= 11 is 0. The molecule has 0 spiro atoms. The first-order valence-electron chi connectivity index (χ1n) is 9.31. The van der Waals surface area contributed by atoms with Gasteiger partial charge >= 0.3 is 0 Å². The maximum absolute atomic E-state index is 12.1. The van der Waals surface area contributed by atoms with Crippen LogP contribution in [0.25, 0.3) is 16.3 Å². The molecule has 3 nitrogen and oxygen atoms in total. The largest absolute Gasteiger partial charge is 0.325 e. The second-order valence-corrected chi connectivity index (χ2v) is 8.48. The van der Waals surface area contributed by atoms with Gasteiger partial charge in [0.2, 0.25) is 5.91 Å². The zero-order valence-electron chi connectivity index (χ0n) is 15.8. The second kappa shape index (κ2) is 5.54. The molecule has 0 aromatic heterocycles. The predicted octanol–water partition coefficient (Wildman–Crippen LogP) is 5.21. The van der Waals surface area contributed by atoms with Crippen molar-refractivity contribution in [2.75, 3.05) is 5.32 Å². The zero-order chi connectivity index (χ0) is 18.7. The molecule has 4 rings (SSSR count). The molecule has 0 radical (unpaired) electrons. The number of amides is 1. The molecule has 1 fully saturated rings. The lowest BCUT2D eigenvalue weighted by atomic mass is 9.66. The lowest BCUT2D eigenvalue weighted by Gasteiger charge is -2.38. The Kier molecular flexibility index (Phi) is 3.62. The number of hydrogen-bond donors (Lipinski definition) is 1. The van der Waals surface area contributed by atoms with Gasteiger partial charge in [-0.3, -0.25) is 9.59 Å². The molecule has 2 aliphatic rings. The summed E-state index contributed by atoms with van der Waals surface area (Å²) < 4.78 is 0. The molecular formula is C23H25NO2. The van der Waals surface area contributed by atoms with E-state index < -0.39 is 0 Å². The van der Waals surface area contributed by atoms with Crippen molar-refractivity contribution in [1.29, 1.82) is 0 Å². The van der Waals surface area contributed by atoms with Crippen molar-refractivity contribution >= 4 is 34.2 Å². The minimum atomic E-state index is -0.0941. The van der Waals surface area contributed by atoms with E-state index in [1.165, 1.54) is 6.92 Å². The van der Waals surface area contributed by atoms with Gasteiger partial charge in [0.25, 0.3) is 0 Å². The van der Waals surface area contributed by atoms with Crippen molar-refractivity contribution in [2.45, 2.75) is 40.5 Å². The monoisotopic (exact) mass is 347 g/mol. The Labute approximate surface area is 154 Å². The second-order valence-electron chi connectivity index (χ2n) is 8.48. The number of carbonyl (C=O) groups excluding carboxylic acids is 2. The number of nitrogens with one attached hydrogen (secondary N) is 1. The van der Waals surface area contributed by atoms with E-state index >= 15 is 0 Å². The van der Waals surface area contributed by atoms with Gasteiger partial charge in [-0.15, -0.1) is 0 Å². The smallest absolute Gasteiger partial charge is 0.221 e. The average molecular weight is 347 g/mol. The van der Waals surface area contributed by atoms with Crippen LogP contribution in [-0.2, 0) is 9.59 Å². The van der Waals surface area contributed by atoms with Gasteiger partial charge in [0, 0.05) is 17.9 Å². The molecular weight excluding hydrogens is 322 g/mol. The van der Waals surface area contributed by atoms with E-state index in [1.807, 2.05) is 24.3 Å². The fraction of sp³-hybridized carbons (Fsp3) is 0.391. The molecule has 2 aromatic carbocycles. The van der Waals surface area contributed by atoms with E-state index in [2.05, 4.69) is 38.2 Å². The van der Waals surface area contributed by atoms with Crippen LogP contribution in [0.1, 0.15) is 46.1 Å². The molecule has 1 amide bonds. The Hall–Kier alpha value is -2.42. The Bertz CT molecular complexity index is 969. The average Bonchev–Trinajstić information content (AvgIpc) is 2.93. The molecule has 0 aliphatic heterocycles. The quantitative estimate of drug-likeness (QED) is 0.775. The zero-order valence-corrected chi connectivity index (χ0v) is 15.8.